The molecule has 0 saturated heterocycles. The van der Waals surface area contributed by atoms with Gasteiger partial charge < -0.3 is 0 Å². The molecule has 2 fully saturated rings. The molecule has 2 aliphatic carbocycles. The largest absolute Gasteiger partial charge is 0.179 e. The van der Waals surface area contributed by atoms with Crippen LogP contribution in [-0.2, 0) is 0 Å². The first kappa shape index (κ1) is 42.0. The second-order valence-corrected chi connectivity index (χ2v) is 17.4. The molecule has 2 aliphatic rings. The van der Waals surface area contributed by atoms with E-state index < -0.39 is 0 Å². The van der Waals surface area contributed by atoms with Crippen molar-refractivity contribution in [1.82, 2.24) is 0 Å². The zero-order valence-corrected chi connectivity index (χ0v) is 33.1. The molecule has 4 heteroatoms. The van der Waals surface area contributed by atoms with E-state index in [2.05, 4.69) is 47.9 Å². The van der Waals surface area contributed by atoms with Gasteiger partial charge in [0.2, 0.25) is 0 Å². The van der Waals surface area contributed by atoms with Gasteiger partial charge in [-0.1, -0.05) is 148 Å². The van der Waals surface area contributed by atoms with Crippen molar-refractivity contribution >= 4 is 41.0 Å². The predicted octanol–water partition coefficient (Wildman–Crippen LogP) is 12.6. The number of unbranched alkanes of at least 4 members (excludes halogenated alkanes) is 1. The van der Waals surface area contributed by atoms with Crippen LogP contribution in [0.1, 0.15) is 193 Å². The van der Waals surface area contributed by atoms with Crippen molar-refractivity contribution in [3.8, 4) is 0 Å². The zero-order valence-electron chi connectivity index (χ0n) is 31.3. The van der Waals surface area contributed by atoms with Gasteiger partial charge >= 0.3 is 0 Å². The Bertz CT molecular complexity index is 645. The minimum Gasteiger partial charge on any atom is -0.179 e. The van der Waals surface area contributed by atoms with Crippen molar-refractivity contribution in [1.29, 1.82) is 0 Å². The Morgan fingerprint density at radius 3 is 1.76 bits per heavy atom. The molecule has 0 aliphatic heterocycles. The van der Waals surface area contributed by atoms with Crippen molar-refractivity contribution < 1.29 is 0 Å². The molecule has 0 nitrogen and oxygen atoms in total. The maximum Gasteiger partial charge on any atom is 0.101 e. The van der Waals surface area contributed by atoms with E-state index in [0.717, 1.165) is 52.9 Å². The molecule has 264 valence electrons. The average molecular weight is 661 g/mol. The van der Waals surface area contributed by atoms with Crippen molar-refractivity contribution in [3.63, 3.8) is 0 Å². The van der Waals surface area contributed by atoms with Crippen LogP contribution < -0.4 is 0 Å². The predicted molar refractivity (Wildman–Crippen MR) is 218 cm³/mol. The molecule has 0 radical (unpaired) electrons. The molecule has 2 rings (SSSR count). The minimum absolute atomic E-state index is 0.951. The summed E-state index contributed by atoms with van der Waals surface area (Å²) in [6.45, 7) is 2.55. The molecule has 0 aromatic rings. The molecule has 0 spiro atoms. The van der Waals surface area contributed by atoms with E-state index in [4.69, 9.17) is 0 Å². The van der Waals surface area contributed by atoms with Crippen LogP contribution in [0.25, 0.3) is 0 Å². The van der Waals surface area contributed by atoms with Crippen LogP contribution in [-0.4, -0.2) is 27.2 Å². The molecule has 0 amide bonds. The van der Waals surface area contributed by atoms with Gasteiger partial charge in [0.05, 0.1) is 0 Å². The lowest BCUT2D eigenvalue weighted by Crippen LogP contribution is -2.21. The SMILES string of the molecule is BCCCCC1CCCCCCCCCCCC(CC(CCB)CC(CC)C2CCC(CCCS)CC(CCCS)C2)CCC1. The summed E-state index contributed by atoms with van der Waals surface area (Å²) in [6, 6.07) is 0. The Morgan fingerprint density at radius 2 is 1.13 bits per heavy atom. The van der Waals surface area contributed by atoms with Crippen LogP contribution in [0, 0.1) is 41.4 Å². The highest BCUT2D eigenvalue weighted by Crippen LogP contribution is 2.43. The van der Waals surface area contributed by atoms with Gasteiger partial charge in [0, 0.05) is 0 Å². The Hall–Kier alpha value is 0.830. The standard InChI is InChI=1S/C41H82B2S2/c1-2-40(41-25-24-37(22-15-29-44)32-38(34-41)23-16-30-45)33-39(26-28-43)31-36-19-11-9-7-5-3-4-6-8-10-17-35(20-14-21-36)18-12-13-27-42/h35-41,44-45H,2-34,42-43H2,1H3. The van der Waals surface area contributed by atoms with Crippen molar-refractivity contribution in [2.24, 2.45) is 41.4 Å². The molecule has 0 aromatic heterocycles. The minimum atomic E-state index is 0.951. The van der Waals surface area contributed by atoms with Crippen LogP contribution in [0.15, 0.2) is 0 Å². The molecular weight excluding hydrogens is 578 g/mol. The monoisotopic (exact) mass is 661 g/mol. The molecule has 0 bridgehead atoms. The Kier molecular flexibility index (Phi) is 26.7. The molecule has 45 heavy (non-hydrogen) atoms. The fourth-order valence-electron chi connectivity index (χ4n) is 9.99. The fraction of sp³-hybridized carbons (Fsp3) is 1.00. The van der Waals surface area contributed by atoms with Crippen LogP contribution in [0.3, 0.4) is 0 Å². The van der Waals surface area contributed by atoms with Gasteiger partial charge in [0.1, 0.15) is 15.7 Å². The fourth-order valence-corrected chi connectivity index (χ4v) is 10.4. The molecule has 0 N–H and O–H groups in total. The summed E-state index contributed by atoms with van der Waals surface area (Å²) in [5.41, 5.74) is 0. The summed E-state index contributed by atoms with van der Waals surface area (Å²) in [7, 11) is 4.85. The summed E-state index contributed by atoms with van der Waals surface area (Å²) < 4.78 is 0. The molecule has 0 aromatic carbocycles. The van der Waals surface area contributed by atoms with Gasteiger partial charge in [-0.05, 0) is 111 Å². The van der Waals surface area contributed by atoms with Gasteiger partial charge in [-0.2, -0.15) is 25.3 Å². The number of thiol groups is 2. The van der Waals surface area contributed by atoms with Crippen LogP contribution in [0.4, 0.5) is 0 Å². The molecule has 0 heterocycles. The Labute approximate surface area is 298 Å². The van der Waals surface area contributed by atoms with Crippen LogP contribution in [0.5, 0.6) is 0 Å². The third kappa shape index (κ3) is 20.2. The quantitative estimate of drug-likeness (QED) is 0.0622. The summed E-state index contributed by atoms with van der Waals surface area (Å²) in [5.74, 6) is 8.95. The molecular formula is C41H82B2S2. The zero-order chi connectivity index (χ0) is 32.4. The molecule has 7 unspecified atom stereocenters. The number of hydrogen-bond donors (Lipinski definition) is 2. The van der Waals surface area contributed by atoms with E-state index in [-0.39, 0.29) is 0 Å². The highest BCUT2D eigenvalue weighted by molar-refractivity contribution is 7.80. The van der Waals surface area contributed by atoms with E-state index in [0.29, 0.717) is 0 Å². The van der Waals surface area contributed by atoms with E-state index >= 15 is 0 Å². The first-order chi connectivity index (χ1) is 22.1. The van der Waals surface area contributed by atoms with Gasteiger partial charge in [-0.3, -0.25) is 0 Å². The van der Waals surface area contributed by atoms with E-state index in [1.807, 2.05) is 0 Å². The topological polar surface area (TPSA) is 0 Å². The normalized spacial score (nSPS) is 28.3. The Balaban J connectivity index is 2.05. The summed E-state index contributed by atoms with van der Waals surface area (Å²) in [4.78, 5) is 0. The van der Waals surface area contributed by atoms with E-state index in [1.165, 1.54) is 192 Å². The highest BCUT2D eigenvalue weighted by atomic mass is 32.1. The van der Waals surface area contributed by atoms with Crippen molar-refractivity contribution in [2.45, 2.75) is 206 Å². The third-order valence-corrected chi connectivity index (χ3v) is 13.3. The smallest absolute Gasteiger partial charge is 0.101 e. The first-order valence-corrected chi connectivity index (χ1v) is 22.6. The second-order valence-electron chi connectivity index (χ2n) is 16.5. The number of hydrogen-bond acceptors (Lipinski definition) is 2. The van der Waals surface area contributed by atoms with Crippen LogP contribution >= 0.6 is 25.3 Å². The lowest BCUT2D eigenvalue weighted by Gasteiger charge is -2.32. The summed E-state index contributed by atoms with van der Waals surface area (Å²) >= 11 is 9.18. The molecule has 7 atom stereocenters. The highest BCUT2D eigenvalue weighted by Gasteiger charge is 2.31. The van der Waals surface area contributed by atoms with Gasteiger partial charge in [0.15, 0.2) is 0 Å². The van der Waals surface area contributed by atoms with Gasteiger partial charge in [-0.15, -0.1) is 0 Å². The van der Waals surface area contributed by atoms with Crippen LogP contribution in [0.2, 0.25) is 12.6 Å². The van der Waals surface area contributed by atoms with Gasteiger partial charge in [0.25, 0.3) is 0 Å². The van der Waals surface area contributed by atoms with Crippen molar-refractivity contribution in [3.05, 3.63) is 0 Å². The van der Waals surface area contributed by atoms with Crippen molar-refractivity contribution in [2.75, 3.05) is 11.5 Å². The Morgan fingerprint density at radius 1 is 0.556 bits per heavy atom. The second kappa shape index (κ2) is 28.6. The maximum absolute atomic E-state index is 4.61. The summed E-state index contributed by atoms with van der Waals surface area (Å²) in [5, 5.41) is 0. The lowest BCUT2D eigenvalue weighted by atomic mass is 9.72. The van der Waals surface area contributed by atoms with Gasteiger partial charge in [-0.25, -0.2) is 0 Å². The molecule has 2 saturated carbocycles. The lowest BCUT2D eigenvalue weighted by molar-refractivity contribution is 0.190. The maximum atomic E-state index is 4.61. The number of rotatable bonds is 18. The van der Waals surface area contributed by atoms with E-state index in [9.17, 15) is 0 Å². The van der Waals surface area contributed by atoms with E-state index in [1.54, 1.807) is 6.42 Å². The summed E-state index contributed by atoms with van der Waals surface area (Å²) in [6.07, 6.45) is 45.8. The first-order valence-electron chi connectivity index (χ1n) is 21.3. The average Bonchev–Trinajstić information content (AvgIpc) is 3.25. The third-order valence-electron chi connectivity index (χ3n) is 12.6.